The summed E-state index contributed by atoms with van der Waals surface area (Å²) in [5, 5.41) is 7.58. The van der Waals surface area contributed by atoms with E-state index in [4.69, 9.17) is 4.74 Å². The molecule has 0 radical (unpaired) electrons. The second kappa shape index (κ2) is 6.03. The van der Waals surface area contributed by atoms with Gasteiger partial charge in [-0.15, -0.1) is 11.3 Å². The van der Waals surface area contributed by atoms with Crippen LogP contribution in [0.2, 0.25) is 0 Å². The van der Waals surface area contributed by atoms with Gasteiger partial charge in [0, 0.05) is 50.4 Å². The smallest absolute Gasteiger partial charge is 0.274 e. The van der Waals surface area contributed by atoms with Gasteiger partial charge >= 0.3 is 0 Å². The zero-order valence-corrected chi connectivity index (χ0v) is 13.9. The highest BCUT2D eigenvalue weighted by molar-refractivity contribution is 7.09. The average molecular weight is 333 g/mol. The van der Waals surface area contributed by atoms with Crippen LogP contribution < -0.4 is 0 Å². The van der Waals surface area contributed by atoms with E-state index in [2.05, 4.69) is 15.0 Å². The molecular formula is C15H19N5O2S. The summed E-state index contributed by atoms with van der Waals surface area (Å²) >= 11 is 1.66. The quantitative estimate of drug-likeness (QED) is 0.834. The van der Waals surface area contributed by atoms with Crippen molar-refractivity contribution in [1.29, 1.82) is 0 Å². The summed E-state index contributed by atoms with van der Waals surface area (Å²) in [4.78, 5) is 21.3. The third-order valence-corrected chi connectivity index (χ3v) is 5.14. The first-order chi connectivity index (χ1) is 11.2. The van der Waals surface area contributed by atoms with E-state index in [1.807, 2.05) is 28.2 Å². The van der Waals surface area contributed by atoms with E-state index >= 15 is 0 Å². The van der Waals surface area contributed by atoms with E-state index in [0.717, 1.165) is 35.9 Å². The van der Waals surface area contributed by atoms with Crippen molar-refractivity contribution in [2.45, 2.75) is 19.6 Å². The predicted molar refractivity (Wildman–Crippen MR) is 85.0 cm³/mol. The lowest BCUT2D eigenvalue weighted by molar-refractivity contribution is 0.0297. The Hall–Kier alpha value is -1.77. The maximum absolute atomic E-state index is 12.8. The highest BCUT2D eigenvalue weighted by Gasteiger charge is 2.32. The number of aromatic nitrogens is 3. The fraction of sp³-hybridized carbons (Fsp3) is 0.533. The molecule has 122 valence electrons. The van der Waals surface area contributed by atoms with E-state index in [9.17, 15) is 4.79 Å². The Morgan fingerprint density at radius 2 is 2.17 bits per heavy atom. The third-order valence-electron chi connectivity index (χ3n) is 4.37. The SMILES string of the molecule is Cn1nc(C(=O)N2CCOCC2)c2c1CN(Cc1nccs1)C2. The molecule has 0 aromatic carbocycles. The summed E-state index contributed by atoms with van der Waals surface area (Å²) < 4.78 is 7.18. The molecule has 2 aromatic heterocycles. The monoisotopic (exact) mass is 333 g/mol. The van der Waals surface area contributed by atoms with Crippen LogP contribution in [0.15, 0.2) is 11.6 Å². The molecule has 8 heteroatoms. The summed E-state index contributed by atoms with van der Waals surface area (Å²) in [6.07, 6.45) is 1.83. The number of hydrogen-bond donors (Lipinski definition) is 0. The van der Waals surface area contributed by atoms with Crippen molar-refractivity contribution in [3.05, 3.63) is 33.5 Å². The van der Waals surface area contributed by atoms with Crippen molar-refractivity contribution >= 4 is 17.2 Å². The van der Waals surface area contributed by atoms with Crippen LogP contribution in [0.1, 0.15) is 26.8 Å². The molecule has 0 unspecified atom stereocenters. The molecule has 2 aliphatic rings. The molecule has 0 spiro atoms. The zero-order valence-electron chi connectivity index (χ0n) is 13.1. The number of carbonyl (C=O) groups is 1. The maximum atomic E-state index is 12.8. The lowest BCUT2D eigenvalue weighted by atomic mass is 10.2. The van der Waals surface area contributed by atoms with Crippen LogP contribution in [-0.2, 0) is 31.4 Å². The van der Waals surface area contributed by atoms with Crippen LogP contribution in [0.25, 0.3) is 0 Å². The first kappa shape index (κ1) is 14.8. The largest absolute Gasteiger partial charge is 0.378 e. The summed E-state index contributed by atoms with van der Waals surface area (Å²) in [5.41, 5.74) is 2.81. The van der Waals surface area contributed by atoms with Crippen LogP contribution >= 0.6 is 11.3 Å². The zero-order chi connectivity index (χ0) is 15.8. The minimum atomic E-state index is 0.0289. The van der Waals surface area contributed by atoms with E-state index in [0.29, 0.717) is 32.0 Å². The lowest BCUT2D eigenvalue weighted by Crippen LogP contribution is -2.41. The minimum Gasteiger partial charge on any atom is -0.378 e. The first-order valence-corrected chi connectivity index (χ1v) is 8.63. The minimum absolute atomic E-state index is 0.0289. The van der Waals surface area contributed by atoms with Crippen molar-refractivity contribution in [3.63, 3.8) is 0 Å². The molecule has 4 rings (SSSR count). The van der Waals surface area contributed by atoms with Crippen LogP contribution in [0.5, 0.6) is 0 Å². The number of rotatable bonds is 3. The van der Waals surface area contributed by atoms with Crippen molar-refractivity contribution in [1.82, 2.24) is 24.6 Å². The van der Waals surface area contributed by atoms with Gasteiger partial charge in [0.05, 0.1) is 25.5 Å². The molecule has 0 bridgehead atoms. The van der Waals surface area contributed by atoms with Gasteiger partial charge < -0.3 is 9.64 Å². The van der Waals surface area contributed by atoms with Crippen molar-refractivity contribution < 1.29 is 9.53 Å². The van der Waals surface area contributed by atoms with Gasteiger partial charge in [0.2, 0.25) is 0 Å². The van der Waals surface area contributed by atoms with Gasteiger partial charge in [0.1, 0.15) is 5.01 Å². The van der Waals surface area contributed by atoms with Crippen molar-refractivity contribution in [3.8, 4) is 0 Å². The van der Waals surface area contributed by atoms with Crippen LogP contribution in [0.4, 0.5) is 0 Å². The Balaban J connectivity index is 1.53. The second-order valence-corrected chi connectivity index (χ2v) is 6.85. The van der Waals surface area contributed by atoms with Crippen LogP contribution in [0, 0.1) is 0 Å². The first-order valence-electron chi connectivity index (χ1n) is 7.75. The highest BCUT2D eigenvalue weighted by atomic mass is 32.1. The molecule has 1 fully saturated rings. The van der Waals surface area contributed by atoms with Gasteiger partial charge in [-0.2, -0.15) is 5.10 Å². The summed E-state index contributed by atoms with van der Waals surface area (Å²) in [6, 6.07) is 0. The average Bonchev–Trinajstić information content (AvgIpc) is 3.28. The van der Waals surface area contributed by atoms with Crippen molar-refractivity contribution in [2.75, 3.05) is 26.3 Å². The van der Waals surface area contributed by atoms with E-state index in [-0.39, 0.29) is 5.91 Å². The van der Waals surface area contributed by atoms with Gasteiger partial charge in [-0.3, -0.25) is 14.4 Å². The van der Waals surface area contributed by atoms with Crippen LogP contribution in [0.3, 0.4) is 0 Å². The fourth-order valence-corrected chi connectivity index (χ4v) is 3.84. The Morgan fingerprint density at radius 1 is 1.35 bits per heavy atom. The number of hydrogen-bond acceptors (Lipinski definition) is 6. The fourth-order valence-electron chi connectivity index (χ4n) is 3.18. The van der Waals surface area contributed by atoms with E-state index < -0.39 is 0 Å². The maximum Gasteiger partial charge on any atom is 0.274 e. The third kappa shape index (κ3) is 2.77. The van der Waals surface area contributed by atoms with Gasteiger partial charge in [0.15, 0.2) is 5.69 Å². The topological polar surface area (TPSA) is 63.5 Å². The molecule has 1 amide bonds. The molecule has 0 atom stereocenters. The molecule has 7 nitrogen and oxygen atoms in total. The van der Waals surface area contributed by atoms with E-state index in [1.54, 1.807) is 11.3 Å². The summed E-state index contributed by atoms with van der Waals surface area (Å²) in [7, 11) is 1.92. The Kier molecular flexibility index (Phi) is 3.88. The highest BCUT2D eigenvalue weighted by Crippen LogP contribution is 2.28. The van der Waals surface area contributed by atoms with E-state index in [1.165, 1.54) is 0 Å². The molecule has 0 N–H and O–H groups in total. The molecule has 23 heavy (non-hydrogen) atoms. The lowest BCUT2D eigenvalue weighted by Gasteiger charge is -2.26. The molecule has 1 saturated heterocycles. The van der Waals surface area contributed by atoms with Gasteiger partial charge in [-0.05, 0) is 0 Å². The Bertz CT molecular complexity index is 706. The number of thiazole rings is 1. The number of ether oxygens (including phenoxy) is 1. The second-order valence-electron chi connectivity index (χ2n) is 5.87. The molecule has 2 aromatic rings. The number of aryl methyl sites for hydroxylation is 1. The number of carbonyl (C=O) groups excluding carboxylic acids is 1. The van der Waals surface area contributed by atoms with Gasteiger partial charge in [-0.25, -0.2) is 4.98 Å². The molecule has 2 aliphatic heterocycles. The molecule has 0 saturated carbocycles. The van der Waals surface area contributed by atoms with Gasteiger partial charge in [0.25, 0.3) is 5.91 Å². The summed E-state index contributed by atoms with van der Waals surface area (Å²) in [5.74, 6) is 0.0289. The number of morpholine rings is 1. The molecule has 0 aliphatic carbocycles. The number of nitrogens with zero attached hydrogens (tertiary/aromatic N) is 5. The molecular weight excluding hydrogens is 314 g/mol. The Labute approximate surface area is 138 Å². The predicted octanol–water partition coefficient (Wildman–Crippen LogP) is 0.865. The number of fused-ring (bicyclic) bond motifs is 1. The van der Waals surface area contributed by atoms with Crippen molar-refractivity contribution in [2.24, 2.45) is 7.05 Å². The van der Waals surface area contributed by atoms with Gasteiger partial charge in [-0.1, -0.05) is 0 Å². The molecule has 4 heterocycles. The number of amides is 1. The van der Waals surface area contributed by atoms with Crippen LogP contribution in [-0.4, -0.2) is 56.8 Å². The standard InChI is InChI=1S/C15H19N5O2S/c1-18-12-9-19(10-13-16-2-7-23-13)8-11(12)14(17-18)15(21)20-3-5-22-6-4-20/h2,7H,3-6,8-10H2,1H3. The normalized spacial score (nSPS) is 18.4. The summed E-state index contributed by atoms with van der Waals surface area (Å²) in [6.45, 7) is 4.90. The Morgan fingerprint density at radius 3 is 2.91 bits per heavy atom.